The summed E-state index contributed by atoms with van der Waals surface area (Å²) in [5, 5.41) is 9.46. The van der Waals surface area contributed by atoms with Crippen LogP contribution in [0.4, 0.5) is 5.82 Å². The van der Waals surface area contributed by atoms with Crippen molar-refractivity contribution in [1.82, 2.24) is 14.4 Å². The molecule has 6 heteroatoms. The molecule has 0 aliphatic heterocycles. The monoisotopic (exact) mass is 258 g/mol. The Morgan fingerprint density at radius 1 is 1.47 bits per heavy atom. The number of fused-ring (bicyclic) bond motifs is 3. The second kappa shape index (κ2) is 4.10. The molecule has 98 valence electrons. The highest BCUT2D eigenvalue weighted by atomic mass is 16.3. The normalized spacial score (nSPS) is 13.2. The van der Waals surface area contributed by atoms with Crippen LogP contribution in [0.1, 0.15) is 12.5 Å². The van der Waals surface area contributed by atoms with Crippen LogP contribution >= 0.6 is 0 Å². The van der Waals surface area contributed by atoms with Gasteiger partial charge in [0.25, 0.3) is 5.56 Å². The minimum absolute atomic E-state index is 0.212. The number of aromatic amines is 1. The van der Waals surface area contributed by atoms with Crippen LogP contribution in [-0.2, 0) is 6.42 Å². The van der Waals surface area contributed by atoms with Gasteiger partial charge in [-0.2, -0.15) is 0 Å². The summed E-state index contributed by atoms with van der Waals surface area (Å²) < 4.78 is 1.70. The highest BCUT2D eigenvalue weighted by Crippen LogP contribution is 2.19. The number of rotatable bonds is 2. The van der Waals surface area contributed by atoms with Gasteiger partial charge in [0.1, 0.15) is 5.82 Å². The number of imidazole rings is 1. The number of para-hydroxylation sites is 2. The van der Waals surface area contributed by atoms with Gasteiger partial charge in [0.2, 0.25) is 5.78 Å². The van der Waals surface area contributed by atoms with Gasteiger partial charge in [-0.3, -0.25) is 14.2 Å². The van der Waals surface area contributed by atoms with Gasteiger partial charge >= 0.3 is 0 Å². The van der Waals surface area contributed by atoms with E-state index in [0.717, 1.165) is 11.0 Å². The first-order valence-corrected chi connectivity index (χ1v) is 6.04. The molecule has 3 aromatic rings. The number of nitrogens with two attached hydrogens (primary N) is 1. The average Bonchev–Trinajstić information content (AvgIpc) is 2.72. The molecule has 0 bridgehead atoms. The van der Waals surface area contributed by atoms with E-state index < -0.39 is 6.10 Å². The van der Waals surface area contributed by atoms with Gasteiger partial charge in [-0.25, -0.2) is 4.98 Å². The lowest BCUT2D eigenvalue weighted by Crippen LogP contribution is -2.22. The van der Waals surface area contributed by atoms with Gasteiger partial charge in [0.05, 0.1) is 22.7 Å². The fourth-order valence-corrected chi connectivity index (χ4v) is 2.27. The minimum Gasteiger partial charge on any atom is -0.393 e. The Hall–Kier alpha value is -2.34. The van der Waals surface area contributed by atoms with Crippen molar-refractivity contribution >= 4 is 22.6 Å². The van der Waals surface area contributed by atoms with Crippen LogP contribution in [0.15, 0.2) is 29.1 Å². The standard InChI is InChI=1S/C13H14N4O2/c1-7(18)6-8-11(14)17-10-5-3-2-4-9(10)15-13(17)16-12(8)19/h2-5,7,18H,6,14H2,1H3,(H,15,16,19). The highest BCUT2D eigenvalue weighted by molar-refractivity contribution is 5.81. The third-order valence-corrected chi connectivity index (χ3v) is 3.11. The van der Waals surface area contributed by atoms with Gasteiger partial charge in [0, 0.05) is 6.42 Å². The van der Waals surface area contributed by atoms with Gasteiger partial charge in [-0.15, -0.1) is 0 Å². The van der Waals surface area contributed by atoms with Crippen LogP contribution in [0, 0.1) is 0 Å². The largest absolute Gasteiger partial charge is 0.393 e. The third kappa shape index (κ3) is 1.77. The number of nitrogens with zero attached hydrogens (tertiary/aromatic N) is 2. The second-order valence-corrected chi connectivity index (χ2v) is 4.63. The molecule has 0 saturated heterocycles. The van der Waals surface area contributed by atoms with Gasteiger partial charge in [-0.1, -0.05) is 12.1 Å². The van der Waals surface area contributed by atoms with Crippen molar-refractivity contribution in [3.05, 3.63) is 40.2 Å². The zero-order valence-corrected chi connectivity index (χ0v) is 10.4. The summed E-state index contributed by atoms with van der Waals surface area (Å²) in [5.41, 5.74) is 7.74. The maximum atomic E-state index is 12.0. The molecule has 2 heterocycles. The van der Waals surface area contributed by atoms with E-state index in [2.05, 4.69) is 9.97 Å². The number of hydrogen-bond donors (Lipinski definition) is 3. The number of H-pyrrole nitrogens is 1. The molecule has 19 heavy (non-hydrogen) atoms. The van der Waals surface area contributed by atoms with Crippen molar-refractivity contribution in [3.63, 3.8) is 0 Å². The fourth-order valence-electron chi connectivity index (χ4n) is 2.27. The lowest BCUT2D eigenvalue weighted by Gasteiger charge is -2.09. The number of aliphatic hydroxyl groups excluding tert-OH is 1. The molecule has 0 spiro atoms. The van der Waals surface area contributed by atoms with Crippen LogP contribution < -0.4 is 11.3 Å². The van der Waals surface area contributed by atoms with Crippen LogP contribution in [0.5, 0.6) is 0 Å². The molecule has 0 fully saturated rings. The Morgan fingerprint density at radius 3 is 2.95 bits per heavy atom. The van der Waals surface area contributed by atoms with E-state index in [1.165, 1.54) is 0 Å². The zero-order chi connectivity index (χ0) is 13.6. The van der Waals surface area contributed by atoms with Crippen molar-refractivity contribution in [2.24, 2.45) is 0 Å². The predicted molar refractivity (Wildman–Crippen MR) is 73.1 cm³/mol. The van der Waals surface area contributed by atoms with E-state index in [0.29, 0.717) is 17.2 Å². The van der Waals surface area contributed by atoms with Crippen LogP contribution in [-0.4, -0.2) is 25.6 Å². The number of nitrogens with one attached hydrogen (secondary N) is 1. The number of benzene rings is 1. The predicted octanol–water partition coefficient (Wildman–Crippen LogP) is 0.681. The van der Waals surface area contributed by atoms with E-state index in [1.807, 2.05) is 24.3 Å². The maximum absolute atomic E-state index is 12.0. The average molecular weight is 258 g/mol. The molecule has 1 aromatic carbocycles. The number of hydrogen-bond acceptors (Lipinski definition) is 4. The lowest BCUT2D eigenvalue weighted by molar-refractivity contribution is 0.195. The summed E-state index contributed by atoms with van der Waals surface area (Å²) in [6.07, 6.45) is -0.417. The first kappa shape index (κ1) is 11.7. The first-order valence-electron chi connectivity index (χ1n) is 6.04. The Morgan fingerprint density at radius 2 is 2.21 bits per heavy atom. The number of aromatic nitrogens is 3. The van der Waals surface area contributed by atoms with Crippen molar-refractivity contribution < 1.29 is 5.11 Å². The summed E-state index contributed by atoms with van der Waals surface area (Å²) in [4.78, 5) is 19.0. The molecule has 0 amide bonds. The fraction of sp³-hybridized carbons (Fsp3) is 0.231. The quantitative estimate of drug-likeness (QED) is 0.629. The van der Waals surface area contributed by atoms with Crippen molar-refractivity contribution in [1.29, 1.82) is 0 Å². The first-order chi connectivity index (χ1) is 9.08. The topological polar surface area (TPSA) is 96.4 Å². The van der Waals surface area contributed by atoms with Crippen molar-refractivity contribution in [2.45, 2.75) is 19.4 Å². The second-order valence-electron chi connectivity index (χ2n) is 4.63. The molecular formula is C13H14N4O2. The molecule has 0 saturated carbocycles. The van der Waals surface area contributed by atoms with Crippen LogP contribution in [0.25, 0.3) is 16.8 Å². The highest BCUT2D eigenvalue weighted by Gasteiger charge is 2.15. The Kier molecular flexibility index (Phi) is 2.53. The van der Waals surface area contributed by atoms with Crippen LogP contribution in [0.2, 0.25) is 0 Å². The molecule has 0 aliphatic carbocycles. The Balaban J connectivity index is 2.41. The summed E-state index contributed by atoms with van der Waals surface area (Å²) in [6, 6.07) is 7.50. The maximum Gasteiger partial charge on any atom is 0.257 e. The van der Waals surface area contributed by atoms with Crippen LogP contribution in [0.3, 0.4) is 0 Å². The van der Waals surface area contributed by atoms with Gasteiger partial charge in [0.15, 0.2) is 0 Å². The summed E-state index contributed by atoms with van der Waals surface area (Å²) in [6.45, 7) is 1.62. The SMILES string of the molecule is CC(O)Cc1c(N)n2c(nc3ccccc32)[nH]c1=O. The number of aliphatic hydroxyl groups is 1. The molecule has 1 atom stereocenters. The number of anilines is 1. The molecule has 4 N–H and O–H groups in total. The molecule has 0 aliphatic rings. The lowest BCUT2D eigenvalue weighted by atomic mass is 10.1. The summed E-state index contributed by atoms with van der Waals surface area (Å²) >= 11 is 0. The zero-order valence-electron chi connectivity index (χ0n) is 10.4. The van der Waals surface area contributed by atoms with Gasteiger partial charge in [-0.05, 0) is 19.1 Å². The Labute approximate surface area is 108 Å². The molecule has 6 nitrogen and oxygen atoms in total. The van der Waals surface area contributed by atoms with Crippen molar-refractivity contribution in [3.8, 4) is 0 Å². The van der Waals surface area contributed by atoms with Crippen molar-refractivity contribution in [2.75, 3.05) is 5.73 Å². The van der Waals surface area contributed by atoms with E-state index in [9.17, 15) is 9.90 Å². The van der Waals surface area contributed by atoms with E-state index in [4.69, 9.17) is 5.73 Å². The molecule has 1 unspecified atom stereocenters. The summed E-state index contributed by atoms with van der Waals surface area (Å²) in [7, 11) is 0. The molecular weight excluding hydrogens is 244 g/mol. The molecule has 3 rings (SSSR count). The Bertz CT molecular complexity index is 816. The summed E-state index contributed by atoms with van der Waals surface area (Å²) in [5.74, 6) is 0.742. The van der Waals surface area contributed by atoms with E-state index in [1.54, 1.807) is 11.3 Å². The van der Waals surface area contributed by atoms with E-state index >= 15 is 0 Å². The minimum atomic E-state index is -0.629. The third-order valence-electron chi connectivity index (χ3n) is 3.11. The number of nitrogen functional groups attached to an aromatic ring is 1. The molecule has 0 radical (unpaired) electrons. The van der Waals surface area contributed by atoms with E-state index in [-0.39, 0.29) is 12.0 Å². The molecule has 2 aromatic heterocycles. The smallest absolute Gasteiger partial charge is 0.257 e. The van der Waals surface area contributed by atoms with Gasteiger partial charge < -0.3 is 10.8 Å².